The van der Waals surface area contributed by atoms with E-state index in [0.717, 1.165) is 21.2 Å². The van der Waals surface area contributed by atoms with Crippen molar-refractivity contribution in [1.82, 2.24) is 4.57 Å². The largest absolute Gasteiger partial charge is 0.405 e. The molecule has 2 aromatic heterocycles. The van der Waals surface area contributed by atoms with Crippen molar-refractivity contribution < 1.29 is 4.42 Å². The van der Waals surface area contributed by atoms with E-state index in [1.807, 2.05) is 36.1 Å². The second-order valence-corrected chi connectivity index (χ2v) is 4.74. The Balaban J connectivity index is 2.66. The predicted octanol–water partition coefficient (Wildman–Crippen LogP) is 3.01. The van der Waals surface area contributed by atoms with Gasteiger partial charge < -0.3 is 8.98 Å². The van der Waals surface area contributed by atoms with Crippen molar-refractivity contribution in [2.24, 2.45) is 7.05 Å². The van der Waals surface area contributed by atoms with E-state index in [1.165, 1.54) is 0 Å². The van der Waals surface area contributed by atoms with Crippen molar-refractivity contribution in [3.63, 3.8) is 0 Å². The lowest BCUT2D eigenvalue weighted by Crippen LogP contribution is -1.98. The number of aromatic nitrogens is 1. The summed E-state index contributed by atoms with van der Waals surface area (Å²) >= 11 is 1.57. The Kier molecular flexibility index (Phi) is 2.26. The van der Waals surface area contributed by atoms with Crippen molar-refractivity contribution in [1.29, 1.82) is 0 Å². The van der Waals surface area contributed by atoms with Gasteiger partial charge in [0.1, 0.15) is 0 Å². The summed E-state index contributed by atoms with van der Waals surface area (Å²) in [6.07, 6.45) is 1.97. The molecule has 0 N–H and O–H groups in total. The first-order valence-electron chi connectivity index (χ1n) is 5.27. The first-order valence-corrected chi connectivity index (χ1v) is 6.50. The number of rotatable bonds is 1. The molecule has 0 unspecified atom stereocenters. The maximum Gasteiger partial charge on any atom is 0.338 e. The van der Waals surface area contributed by atoms with Crippen molar-refractivity contribution in [3.8, 4) is 0 Å². The minimum atomic E-state index is -0.298. The van der Waals surface area contributed by atoms with Gasteiger partial charge in [-0.25, -0.2) is 4.79 Å². The third-order valence-corrected chi connectivity index (χ3v) is 3.73. The van der Waals surface area contributed by atoms with E-state index in [2.05, 4.69) is 6.07 Å². The Bertz CT molecular complexity index is 770. The van der Waals surface area contributed by atoms with Gasteiger partial charge in [0.2, 0.25) is 5.71 Å². The number of para-hydroxylation sites is 1. The fourth-order valence-electron chi connectivity index (χ4n) is 2.19. The van der Waals surface area contributed by atoms with Gasteiger partial charge in [0.25, 0.3) is 0 Å². The van der Waals surface area contributed by atoms with E-state index in [-0.39, 0.29) is 5.63 Å². The topological polar surface area (TPSA) is 35.1 Å². The molecule has 0 radical (unpaired) electrons. The van der Waals surface area contributed by atoms with Crippen molar-refractivity contribution in [3.05, 3.63) is 40.8 Å². The van der Waals surface area contributed by atoms with E-state index in [0.29, 0.717) is 5.71 Å². The van der Waals surface area contributed by atoms with Crippen LogP contribution in [0.3, 0.4) is 0 Å². The quantitative estimate of drug-likeness (QED) is 0.618. The van der Waals surface area contributed by atoms with E-state index in [1.54, 1.807) is 17.8 Å². The lowest BCUT2D eigenvalue weighted by molar-refractivity contribution is 0.534. The van der Waals surface area contributed by atoms with Gasteiger partial charge in [0.05, 0.1) is 10.9 Å². The standard InChI is InChI=1S/C13H11NO2S/c1-14-9-6-4-3-5-8(9)12-10(17-2)7-11(15)16-13(12)14/h3-7H,1-2H3. The summed E-state index contributed by atoms with van der Waals surface area (Å²) in [6.45, 7) is 0. The van der Waals surface area contributed by atoms with Gasteiger partial charge >= 0.3 is 5.63 Å². The minimum Gasteiger partial charge on any atom is -0.405 e. The molecule has 0 saturated heterocycles. The molecule has 4 heteroatoms. The maximum absolute atomic E-state index is 11.5. The van der Waals surface area contributed by atoms with E-state index < -0.39 is 0 Å². The molecule has 0 aliphatic heterocycles. The first kappa shape index (κ1) is 10.5. The average molecular weight is 245 g/mol. The van der Waals surface area contributed by atoms with Gasteiger partial charge in [0, 0.05) is 23.4 Å². The molecule has 0 amide bonds. The Labute approximate surface area is 102 Å². The monoisotopic (exact) mass is 245 g/mol. The van der Waals surface area contributed by atoms with Crippen LogP contribution in [0, 0.1) is 0 Å². The molecule has 1 aromatic carbocycles. The number of thioether (sulfide) groups is 1. The Morgan fingerprint density at radius 2 is 2.06 bits per heavy atom. The lowest BCUT2D eigenvalue weighted by Gasteiger charge is -1.98. The first-order chi connectivity index (χ1) is 8.22. The Morgan fingerprint density at radius 1 is 1.29 bits per heavy atom. The zero-order valence-corrected chi connectivity index (χ0v) is 10.4. The number of fused-ring (bicyclic) bond motifs is 3. The summed E-state index contributed by atoms with van der Waals surface area (Å²) < 4.78 is 7.24. The van der Waals surface area contributed by atoms with Crippen LogP contribution in [0.2, 0.25) is 0 Å². The zero-order chi connectivity index (χ0) is 12.0. The SMILES string of the molecule is CSc1cc(=O)oc2c1c1ccccc1n2C. The van der Waals surface area contributed by atoms with Crippen LogP contribution in [0.5, 0.6) is 0 Å². The molecular weight excluding hydrogens is 234 g/mol. The summed E-state index contributed by atoms with van der Waals surface area (Å²) in [5, 5.41) is 2.15. The second kappa shape index (κ2) is 3.67. The number of hydrogen-bond donors (Lipinski definition) is 0. The van der Waals surface area contributed by atoms with Gasteiger partial charge in [0.15, 0.2) is 0 Å². The number of nitrogens with zero attached hydrogens (tertiary/aromatic N) is 1. The third-order valence-electron chi connectivity index (χ3n) is 2.97. The van der Waals surface area contributed by atoms with Crippen LogP contribution >= 0.6 is 11.8 Å². The molecule has 0 aliphatic carbocycles. The van der Waals surface area contributed by atoms with Crippen LogP contribution < -0.4 is 5.63 Å². The molecule has 0 atom stereocenters. The summed E-state index contributed by atoms with van der Waals surface area (Å²) in [6, 6.07) is 9.62. The van der Waals surface area contributed by atoms with Crippen LogP contribution in [0.4, 0.5) is 0 Å². The highest BCUT2D eigenvalue weighted by molar-refractivity contribution is 7.98. The molecule has 0 saturated carbocycles. The highest BCUT2D eigenvalue weighted by Crippen LogP contribution is 2.33. The minimum absolute atomic E-state index is 0.298. The highest BCUT2D eigenvalue weighted by atomic mass is 32.2. The molecule has 0 spiro atoms. The summed E-state index contributed by atoms with van der Waals surface area (Å²) in [5.41, 5.74) is 1.42. The molecule has 3 nitrogen and oxygen atoms in total. The van der Waals surface area contributed by atoms with Gasteiger partial charge in [-0.05, 0) is 12.3 Å². The van der Waals surface area contributed by atoms with Crippen molar-refractivity contribution in [2.75, 3.05) is 6.26 Å². The molecule has 86 valence electrons. The molecule has 17 heavy (non-hydrogen) atoms. The van der Waals surface area contributed by atoms with E-state index >= 15 is 0 Å². The fraction of sp³-hybridized carbons (Fsp3) is 0.154. The Hall–Kier alpha value is -1.68. The molecule has 3 aromatic rings. The van der Waals surface area contributed by atoms with Gasteiger partial charge in [-0.2, -0.15) is 0 Å². The highest BCUT2D eigenvalue weighted by Gasteiger charge is 2.14. The molecule has 0 bridgehead atoms. The fourth-order valence-corrected chi connectivity index (χ4v) is 2.81. The van der Waals surface area contributed by atoms with Crippen LogP contribution in [0.15, 0.2) is 44.4 Å². The number of aryl methyl sites for hydroxylation is 1. The molecule has 3 rings (SSSR count). The lowest BCUT2D eigenvalue weighted by atomic mass is 10.2. The molecule has 2 heterocycles. The van der Waals surface area contributed by atoms with E-state index in [4.69, 9.17) is 4.42 Å². The molecule has 0 fully saturated rings. The second-order valence-electron chi connectivity index (χ2n) is 3.89. The van der Waals surface area contributed by atoms with Crippen LogP contribution in [0.25, 0.3) is 22.0 Å². The Morgan fingerprint density at radius 3 is 2.82 bits per heavy atom. The summed E-state index contributed by atoms with van der Waals surface area (Å²) in [7, 11) is 1.91. The average Bonchev–Trinajstić information content (AvgIpc) is 2.63. The number of hydrogen-bond acceptors (Lipinski definition) is 3. The van der Waals surface area contributed by atoms with Crippen molar-refractivity contribution in [2.45, 2.75) is 4.90 Å². The third kappa shape index (κ3) is 1.41. The summed E-state index contributed by atoms with van der Waals surface area (Å²) in [4.78, 5) is 12.5. The van der Waals surface area contributed by atoms with Crippen LogP contribution in [0.1, 0.15) is 0 Å². The maximum atomic E-state index is 11.5. The smallest absolute Gasteiger partial charge is 0.338 e. The van der Waals surface area contributed by atoms with Gasteiger partial charge in [-0.1, -0.05) is 18.2 Å². The van der Waals surface area contributed by atoms with E-state index in [9.17, 15) is 4.79 Å². The van der Waals surface area contributed by atoms with Crippen LogP contribution in [-0.2, 0) is 7.05 Å². The normalized spacial score (nSPS) is 11.4. The zero-order valence-electron chi connectivity index (χ0n) is 9.56. The molecular formula is C13H11NO2S. The van der Waals surface area contributed by atoms with Crippen LogP contribution in [-0.4, -0.2) is 10.8 Å². The van der Waals surface area contributed by atoms with Gasteiger partial charge in [-0.15, -0.1) is 11.8 Å². The number of benzene rings is 1. The predicted molar refractivity (Wildman–Crippen MR) is 70.7 cm³/mol. The molecule has 0 aliphatic rings. The van der Waals surface area contributed by atoms with Crippen molar-refractivity contribution >= 4 is 33.8 Å². The summed E-state index contributed by atoms with van der Waals surface area (Å²) in [5.74, 6) is 0. The van der Waals surface area contributed by atoms with Gasteiger partial charge in [-0.3, -0.25) is 0 Å².